The first-order chi connectivity index (χ1) is 16.9. The largest absolute Gasteiger partial charge is 0.509 e. The van der Waals surface area contributed by atoms with E-state index in [1.54, 1.807) is 45.8 Å². The number of rotatable bonds is 3. The Kier molecular flexibility index (Phi) is 5.82. The van der Waals surface area contributed by atoms with Crippen molar-refractivity contribution in [3.05, 3.63) is 40.2 Å². The molecule has 4 atom stereocenters. The molecule has 10 heteroatoms. The van der Waals surface area contributed by atoms with Gasteiger partial charge in [-0.1, -0.05) is 20.8 Å². The number of Topliss-reactive ketones (excluding diaryl/α,β-unsaturated/α-hetero) is 2. The molecule has 6 N–H and O–H groups in total. The summed E-state index contributed by atoms with van der Waals surface area (Å²) in [6.45, 7) is 5.34. The van der Waals surface area contributed by atoms with E-state index in [-0.39, 0.29) is 29.7 Å². The van der Waals surface area contributed by atoms with E-state index in [1.807, 2.05) is 19.0 Å². The Balaban J connectivity index is 2.08. The predicted octanol–water partition coefficient (Wildman–Crippen LogP) is 1.45. The fourth-order valence-electron chi connectivity index (χ4n) is 7.19. The molecule has 1 fully saturated rings. The molecule has 1 saturated carbocycles. The maximum absolute atomic E-state index is 14.1. The fourth-order valence-corrected chi connectivity index (χ4v) is 7.19. The van der Waals surface area contributed by atoms with Crippen LogP contribution in [0.25, 0.3) is 5.76 Å². The summed E-state index contributed by atoms with van der Waals surface area (Å²) in [4.78, 5) is 43.7. The first-order valence-electron chi connectivity index (χ1n) is 12.1. The van der Waals surface area contributed by atoms with Crippen LogP contribution in [0.2, 0.25) is 0 Å². The van der Waals surface area contributed by atoms with Crippen molar-refractivity contribution < 1.29 is 34.8 Å². The number of ketones is 2. The van der Waals surface area contributed by atoms with Gasteiger partial charge in [0.25, 0.3) is 5.91 Å². The van der Waals surface area contributed by atoms with Crippen LogP contribution in [0.5, 0.6) is 5.75 Å². The van der Waals surface area contributed by atoms with Crippen molar-refractivity contribution in [2.24, 2.45) is 23.0 Å². The lowest BCUT2D eigenvalue weighted by atomic mass is 9.48. The molecule has 200 valence electrons. The summed E-state index contributed by atoms with van der Waals surface area (Å²) in [7, 11) is 6.92. The lowest BCUT2D eigenvalue weighted by Crippen LogP contribution is -2.75. The smallest absolute Gasteiger partial charge is 0.255 e. The third-order valence-corrected chi connectivity index (χ3v) is 8.48. The maximum atomic E-state index is 14.1. The summed E-state index contributed by atoms with van der Waals surface area (Å²) in [5.74, 6) is -6.76. The Bertz CT molecular complexity index is 1300. The molecule has 3 aliphatic rings. The van der Waals surface area contributed by atoms with Crippen LogP contribution >= 0.6 is 0 Å². The van der Waals surface area contributed by atoms with E-state index in [9.17, 15) is 34.8 Å². The minimum atomic E-state index is -2.78. The molecule has 0 radical (unpaired) electrons. The van der Waals surface area contributed by atoms with Gasteiger partial charge in [-0.15, -0.1) is 0 Å². The maximum Gasteiger partial charge on any atom is 0.255 e. The van der Waals surface area contributed by atoms with Gasteiger partial charge in [0.1, 0.15) is 22.8 Å². The number of anilines is 1. The minimum absolute atomic E-state index is 0.0287. The quantitative estimate of drug-likeness (QED) is 0.297. The number of aromatic hydroxyl groups is 1. The molecule has 0 heterocycles. The van der Waals surface area contributed by atoms with Gasteiger partial charge >= 0.3 is 0 Å². The molecule has 4 rings (SSSR count). The monoisotopic (exact) mass is 513 g/mol. The van der Waals surface area contributed by atoms with Crippen molar-refractivity contribution in [1.29, 1.82) is 0 Å². The molecule has 10 nitrogen and oxygen atoms in total. The van der Waals surface area contributed by atoms with Gasteiger partial charge in [0.2, 0.25) is 11.6 Å². The van der Waals surface area contributed by atoms with Crippen molar-refractivity contribution in [3.63, 3.8) is 0 Å². The fraction of sp³-hybridized carbons (Fsp3) is 0.519. The molecule has 3 aliphatic carbocycles. The molecule has 0 aromatic heterocycles. The van der Waals surface area contributed by atoms with Gasteiger partial charge in [-0.2, -0.15) is 0 Å². The lowest BCUT2D eigenvalue weighted by molar-refractivity contribution is -0.177. The number of benzene rings is 1. The Morgan fingerprint density at radius 1 is 1.05 bits per heavy atom. The summed E-state index contributed by atoms with van der Waals surface area (Å²) in [6.07, 6.45) is 0.269. The number of carbonyl (C=O) groups is 3. The number of nitrogens with zero attached hydrogens (tertiary/aromatic N) is 2. The van der Waals surface area contributed by atoms with Gasteiger partial charge in [0.15, 0.2) is 5.60 Å². The number of primary amides is 1. The number of phenolic OH excluding ortho intramolecular Hbond substituents is 1. The van der Waals surface area contributed by atoms with Crippen molar-refractivity contribution in [2.45, 2.75) is 44.8 Å². The molecule has 0 bridgehead atoms. The van der Waals surface area contributed by atoms with E-state index in [1.165, 1.54) is 6.07 Å². The van der Waals surface area contributed by atoms with Crippen LogP contribution in [0.1, 0.15) is 38.3 Å². The summed E-state index contributed by atoms with van der Waals surface area (Å²) >= 11 is 0. The average molecular weight is 514 g/mol. The molecule has 1 amide bonds. The molecule has 0 spiro atoms. The highest BCUT2D eigenvalue weighted by Gasteiger charge is 2.72. The molecular formula is C27H35N3O7. The number of likely N-dealkylation sites (N-methyl/N-ethyl adjacent to an activating group) is 1. The summed E-state index contributed by atoms with van der Waals surface area (Å²) in [6, 6.07) is 3.12. The lowest BCUT2D eigenvalue weighted by Gasteiger charge is -2.61. The van der Waals surface area contributed by atoms with Crippen molar-refractivity contribution >= 4 is 28.9 Å². The first kappa shape index (κ1) is 26.7. The van der Waals surface area contributed by atoms with Crippen LogP contribution in [-0.2, 0) is 20.8 Å². The number of hydrogen-bond acceptors (Lipinski definition) is 9. The number of carbonyl (C=O) groups excluding carboxylic acids is 3. The second kappa shape index (κ2) is 8.06. The third-order valence-electron chi connectivity index (χ3n) is 8.48. The van der Waals surface area contributed by atoms with E-state index < -0.39 is 63.0 Å². The number of aliphatic hydroxyl groups is 3. The molecule has 0 unspecified atom stereocenters. The zero-order chi connectivity index (χ0) is 28.0. The molecule has 1 aromatic rings. The molecular weight excluding hydrogens is 478 g/mol. The minimum Gasteiger partial charge on any atom is -0.509 e. The third kappa shape index (κ3) is 3.15. The summed E-state index contributed by atoms with van der Waals surface area (Å²) in [5.41, 5.74) is 0.707. The van der Waals surface area contributed by atoms with Gasteiger partial charge in [-0.25, -0.2) is 0 Å². The highest BCUT2D eigenvalue weighted by Crippen LogP contribution is 2.60. The number of amides is 1. The van der Waals surface area contributed by atoms with Crippen molar-refractivity contribution in [3.8, 4) is 5.75 Å². The van der Waals surface area contributed by atoms with Gasteiger partial charge in [0, 0.05) is 31.3 Å². The van der Waals surface area contributed by atoms with Crippen LogP contribution in [0.3, 0.4) is 0 Å². The van der Waals surface area contributed by atoms with Crippen LogP contribution < -0.4 is 10.6 Å². The van der Waals surface area contributed by atoms with E-state index in [0.717, 1.165) is 5.69 Å². The van der Waals surface area contributed by atoms with Gasteiger partial charge in [-0.3, -0.25) is 19.3 Å². The van der Waals surface area contributed by atoms with Crippen LogP contribution in [0.4, 0.5) is 5.69 Å². The zero-order valence-electron chi connectivity index (χ0n) is 22.2. The number of fused-ring (bicyclic) bond motifs is 3. The first-order valence-corrected chi connectivity index (χ1v) is 12.1. The second-order valence-corrected chi connectivity index (χ2v) is 11.7. The van der Waals surface area contributed by atoms with Gasteiger partial charge < -0.3 is 31.1 Å². The summed E-state index contributed by atoms with van der Waals surface area (Å²) in [5, 5.41) is 45.5. The number of phenols is 1. The Morgan fingerprint density at radius 2 is 1.65 bits per heavy atom. The average Bonchev–Trinajstić information content (AvgIpc) is 2.75. The highest BCUT2D eigenvalue weighted by molar-refractivity contribution is 6.33. The van der Waals surface area contributed by atoms with Crippen LogP contribution in [0, 0.1) is 17.3 Å². The standard InChI is InChI=1S/C27H35N3O7/c1-25(2,3)27(30(6)7)16-11-12-10-13-14(29(4)5)8-9-15(31)18(13)20(32)17(12)21(33)26(16,37)22(34)19(23(27)35)24(28)36/h8-9,12,16,31-32,35,37H,10-11H2,1-7H3,(H2,28,36)/t12-,16+,26-,27+/m0/s1. The number of nitrogens with two attached hydrogens (primary N) is 1. The van der Waals surface area contributed by atoms with Gasteiger partial charge in [0.05, 0.1) is 11.1 Å². The van der Waals surface area contributed by atoms with Crippen LogP contribution in [0.15, 0.2) is 29.0 Å². The topological polar surface area (TPSA) is 165 Å². The number of hydrogen-bond donors (Lipinski definition) is 5. The van der Waals surface area contributed by atoms with Crippen molar-refractivity contribution in [1.82, 2.24) is 4.90 Å². The zero-order valence-corrected chi connectivity index (χ0v) is 22.2. The van der Waals surface area contributed by atoms with E-state index in [0.29, 0.717) is 5.56 Å². The molecule has 0 saturated heterocycles. The van der Waals surface area contributed by atoms with Crippen molar-refractivity contribution in [2.75, 3.05) is 33.1 Å². The SMILES string of the molecule is CN(C)c1ccc(O)c2c1C[C@H]1C[C@@H]3[C@@](O)(C(=O)C(C(N)=O)=C(O)[C@@]3(N(C)C)C(C)(C)C)C(=O)C1=C2O. The number of aliphatic hydroxyl groups excluding tert-OH is 2. The van der Waals surface area contributed by atoms with E-state index in [4.69, 9.17) is 5.73 Å². The van der Waals surface area contributed by atoms with E-state index >= 15 is 0 Å². The highest BCUT2D eigenvalue weighted by atomic mass is 16.3. The van der Waals surface area contributed by atoms with Crippen LogP contribution in [-0.4, -0.2) is 82.1 Å². The molecule has 0 aliphatic heterocycles. The Labute approximate surface area is 215 Å². The molecule has 1 aromatic carbocycles. The normalized spacial score (nSPS) is 29.8. The Hall–Kier alpha value is -3.37. The summed E-state index contributed by atoms with van der Waals surface area (Å²) < 4.78 is 0. The van der Waals surface area contributed by atoms with E-state index in [2.05, 4.69) is 0 Å². The Morgan fingerprint density at radius 3 is 2.14 bits per heavy atom. The van der Waals surface area contributed by atoms with Gasteiger partial charge in [-0.05, 0) is 56.0 Å². The second-order valence-electron chi connectivity index (χ2n) is 11.7. The predicted molar refractivity (Wildman–Crippen MR) is 137 cm³/mol. The molecule has 37 heavy (non-hydrogen) atoms.